The van der Waals surface area contributed by atoms with Crippen molar-refractivity contribution in [3.8, 4) is 11.5 Å². The number of hydrogen-bond acceptors (Lipinski definition) is 4. The van der Waals surface area contributed by atoms with Crippen molar-refractivity contribution in [3.63, 3.8) is 0 Å². The third-order valence-electron chi connectivity index (χ3n) is 2.94. The molecule has 0 amide bonds. The molecule has 0 fully saturated rings. The topological polar surface area (TPSA) is 70.7 Å². The number of aryl methyl sites for hydroxylation is 1. The van der Waals surface area contributed by atoms with E-state index in [1.165, 1.54) is 6.07 Å². The van der Waals surface area contributed by atoms with Crippen molar-refractivity contribution < 1.29 is 14.6 Å². The van der Waals surface area contributed by atoms with Gasteiger partial charge in [-0.3, -0.25) is 0 Å². The van der Waals surface area contributed by atoms with E-state index in [-0.39, 0.29) is 16.9 Å². The van der Waals surface area contributed by atoms with E-state index in [9.17, 15) is 15.0 Å². The zero-order valence-electron chi connectivity index (χ0n) is 9.60. The smallest absolute Gasteiger partial charge is 0.347 e. The molecule has 90 valence electrons. The maximum absolute atomic E-state index is 11.8. The number of hydrogen-bond donors (Lipinski definition) is 2. The Morgan fingerprint density at radius 2 is 1.83 bits per heavy atom. The number of phenolic OH excluding ortho intramolecular Hbond substituents is 2. The Labute approximate surface area is 102 Å². The van der Waals surface area contributed by atoms with Crippen LogP contribution in [-0.2, 0) is 0 Å². The Balaban J connectivity index is 2.65. The average Bonchev–Trinajstić information content (AvgIpc) is 2.27. The van der Waals surface area contributed by atoms with Gasteiger partial charge in [-0.05, 0) is 24.6 Å². The SMILES string of the molecule is Cc1ccc2c(c1)oc(=O)c1c(O)cc(O)cc12. The highest BCUT2D eigenvalue weighted by Crippen LogP contribution is 2.32. The van der Waals surface area contributed by atoms with Gasteiger partial charge in [0.15, 0.2) is 0 Å². The van der Waals surface area contributed by atoms with E-state index in [4.69, 9.17) is 4.42 Å². The number of aromatic hydroxyl groups is 2. The molecule has 0 radical (unpaired) electrons. The summed E-state index contributed by atoms with van der Waals surface area (Å²) in [7, 11) is 0. The van der Waals surface area contributed by atoms with E-state index in [0.717, 1.165) is 11.6 Å². The van der Waals surface area contributed by atoms with Crippen molar-refractivity contribution in [3.05, 3.63) is 46.3 Å². The van der Waals surface area contributed by atoms with Crippen molar-refractivity contribution >= 4 is 21.7 Å². The molecule has 0 aliphatic rings. The highest BCUT2D eigenvalue weighted by atomic mass is 16.4. The van der Waals surface area contributed by atoms with Crippen LogP contribution in [0.2, 0.25) is 0 Å². The third kappa shape index (κ3) is 1.43. The molecule has 1 heterocycles. The van der Waals surface area contributed by atoms with E-state index in [0.29, 0.717) is 16.4 Å². The third-order valence-corrected chi connectivity index (χ3v) is 2.94. The predicted molar refractivity (Wildman–Crippen MR) is 68.1 cm³/mol. The molecule has 0 spiro atoms. The van der Waals surface area contributed by atoms with Crippen molar-refractivity contribution in [2.24, 2.45) is 0 Å². The fraction of sp³-hybridized carbons (Fsp3) is 0.0714. The second kappa shape index (κ2) is 3.50. The minimum atomic E-state index is -0.611. The predicted octanol–water partition coefficient (Wildman–Crippen LogP) is 2.67. The number of phenols is 2. The monoisotopic (exact) mass is 242 g/mol. The number of rotatable bonds is 0. The normalized spacial score (nSPS) is 11.2. The minimum absolute atomic E-state index is 0.0872. The molecule has 0 bridgehead atoms. The molecule has 18 heavy (non-hydrogen) atoms. The van der Waals surface area contributed by atoms with E-state index in [1.54, 1.807) is 12.1 Å². The Hall–Kier alpha value is -2.49. The lowest BCUT2D eigenvalue weighted by Gasteiger charge is -2.05. The largest absolute Gasteiger partial charge is 0.508 e. The first-order valence-corrected chi connectivity index (χ1v) is 5.45. The van der Waals surface area contributed by atoms with Crippen LogP contribution < -0.4 is 5.63 Å². The molecule has 3 aromatic rings. The van der Waals surface area contributed by atoms with Crippen molar-refractivity contribution in [1.29, 1.82) is 0 Å². The van der Waals surface area contributed by atoms with Gasteiger partial charge < -0.3 is 14.6 Å². The summed E-state index contributed by atoms with van der Waals surface area (Å²) in [4.78, 5) is 11.8. The second-order valence-electron chi connectivity index (χ2n) is 4.28. The van der Waals surface area contributed by atoms with Crippen LogP contribution in [0.3, 0.4) is 0 Å². The summed E-state index contributed by atoms with van der Waals surface area (Å²) < 4.78 is 5.18. The van der Waals surface area contributed by atoms with Crippen LogP contribution in [0.15, 0.2) is 39.5 Å². The average molecular weight is 242 g/mol. The van der Waals surface area contributed by atoms with Crippen LogP contribution in [0.1, 0.15) is 5.56 Å². The van der Waals surface area contributed by atoms with Gasteiger partial charge in [0.2, 0.25) is 0 Å². The lowest BCUT2D eigenvalue weighted by Crippen LogP contribution is -2.00. The van der Waals surface area contributed by atoms with Crippen LogP contribution in [0, 0.1) is 6.92 Å². The highest BCUT2D eigenvalue weighted by molar-refractivity contribution is 6.07. The van der Waals surface area contributed by atoms with Gasteiger partial charge in [0.1, 0.15) is 22.5 Å². The van der Waals surface area contributed by atoms with Gasteiger partial charge in [0.25, 0.3) is 0 Å². The zero-order chi connectivity index (χ0) is 12.9. The molecule has 2 N–H and O–H groups in total. The summed E-state index contributed by atoms with van der Waals surface area (Å²) in [5, 5.41) is 20.5. The maximum atomic E-state index is 11.8. The Kier molecular flexibility index (Phi) is 2.07. The van der Waals surface area contributed by atoms with Gasteiger partial charge >= 0.3 is 5.63 Å². The lowest BCUT2D eigenvalue weighted by atomic mass is 10.1. The van der Waals surface area contributed by atoms with Crippen molar-refractivity contribution in [2.75, 3.05) is 0 Å². The quantitative estimate of drug-likeness (QED) is 0.469. The Morgan fingerprint density at radius 1 is 1.06 bits per heavy atom. The molecule has 0 atom stereocenters. The van der Waals surface area contributed by atoms with Crippen LogP contribution in [0.4, 0.5) is 0 Å². The van der Waals surface area contributed by atoms with E-state index in [1.807, 2.05) is 13.0 Å². The van der Waals surface area contributed by atoms with Crippen LogP contribution in [0.25, 0.3) is 21.7 Å². The molecular weight excluding hydrogens is 232 g/mol. The second-order valence-corrected chi connectivity index (χ2v) is 4.28. The Morgan fingerprint density at radius 3 is 2.61 bits per heavy atom. The fourth-order valence-corrected chi connectivity index (χ4v) is 2.13. The molecule has 0 saturated heterocycles. The van der Waals surface area contributed by atoms with Gasteiger partial charge in [-0.15, -0.1) is 0 Å². The van der Waals surface area contributed by atoms with Gasteiger partial charge in [-0.25, -0.2) is 4.79 Å². The van der Waals surface area contributed by atoms with Gasteiger partial charge in [-0.2, -0.15) is 0 Å². The molecule has 4 heteroatoms. The summed E-state index contributed by atoms with van der Waals surface area (Å²) in [5.74, 6) is -0.367. The molecular formula is C14H10O4. The highest BCUT2D eigenvalue weighted by Gasteiger charge is 2.12. The first kappa shape index (κ1) is 10.7. The van der Waals surface area contributed by atoms with E-state index in [2.05, 4.69) is 0 Å². The minimum Gasteiger partial charge on any atom is -0.508 e. The number of fused-ring (bicyclic) bond motifs is 3. The lowest BCUT2D eigenvalue weighted by molar-refractivity contribution is 0.453. The molecule has 2 aromatic carbocycles. The summed E-state index contributed by atoms with van der Waals surface area (Å²) in [6.07, 6.45) is 0. The van der Waals surface area contributed by atoms with Gasteiger partial charge in [0.05, 0.1) is 0 Å². The standard InChI is InChI=1S/C14H10O4/c1-7-2-3-9-10-5-8(15)6-11(16)13(10)14(17)18-12(9)4-7/h2-6,15-16H,1H3. The van der Waals surface area contributed by atoms with E-state index >= 15 is 0 Å². The molecule has 0 unspecified atom stereocenters. The van der Waals surface area contributed by atoms with Crippen molar-refractivity contribution in [2.45, 2.75) is 6.92 Å². The van der Waals surface area contributed by atoms with Crippen LogP contribution in [-0.4, -0.2) is 10.2 Å². The first-order valence-electron chi connectivity index (χ1n) is 5.45. The van der Waals surface area contributed by atoms with Gasteiger partial charge in [-0.1, -0.05) is 12.1 Å². The maximum Gasteiger partial charge on any atom is 0.347 e. The molecule has 4 nitrogen and oxygen atoms in total. The molecule has 3 rings (SSSR count). The molecule has 0 aliphatic carbocycles. The molecule has 0 aliphatic heterocycles. The summed E-state index contributed by atoms with van der Waals surface area (Å²) in [6, 6.07) is 8.00. The Bertz CT molecular complexity index is 830. The fourth-order valence-electron chi connectivity index (χ4n) is 2.13. The first-order chi connectivity index (χ1) is 8.56. The molecule has 1 aromatic heterocycles. The summed E-state index contributed by atoms with van der Waals surface area (Å²) >= 11 is 0. The van der Waals surface area contributed by atoms with Crippen molar-refractivity contribution in [1.82, 2.24) is 0 Å². The van der Waals surface area contributed by atoms with E-state index < -0.39 is 5.63 Å². The summed E-state index contributed by atoms with van der Waals surface area (Å²) in [5.41, 5.74) is 0.799. The zero-order valence-corrected chi connectivity index (χ0v) is 9.60. The number of benzene rings is 2. The summed E-state index contributed by atoms with van der Waals surface area (Å²) in [6.45, 7) is 1.89. The van der Waals surface area contributed by atoms with Crippen LogP contribution >= 0.6 is 0 Å². The molecule has 0 saturated carbocycles. The van der Waals surface area contributed by atoms with Crippen LogP contribution in [0.5, 0.6) is 11.5 Å². The van der Waals surface area contributed by atoms with Gasteiger partial charge in [0, 0.05) is 16.8 Å².